The van der Waals surface area contributed by atoms with E-state index in [0.29, 0.717) is 23.6 Å². The Labute approximate surface area is 109 Å². The summed E-state index contributed by atoms with van der Waals surface area (Å²) in [4.78, 5) is 15.4. The third-order valence-electron chi connectivity index (χ3n) is 2.06. The van der Waals surface area contributed by atoms with Crippen molar-refractivity contribution in [3.63, 3.8) is 0 Å². The van der Waals surface area contributed by atoms with Gasteiger partial charge in [0.2, 0.25) is 0 Å². The Morgan fingerprint density at radius 3 is 2.89 bits per heavy atom. The van der Waals surface area contributed by atoms with Crippen LogP contribution in [0.25, 0.3) is 0 Å². The topological polar surface area (TPSA) is 130 Å². The zero-order valence-corrected chi connectivity index (χ0v) is 10.8. The summed E-state index contributed by atoms with van der Waals surface area (Å²) >= 11 is 1.64. The summed E-state index contributed by atoms with van der Waals surface area (Å²) in [5.41, 5.74) is 11.6. The van der Waals surface area contributed by atoms with E-state index in [-0.39, 0.29) is 11.9 Å². The largest absolute Gasteiger partial charge is 0.398 e. The van der Waals surface area contributed by atoms with E-state index in [2.05, 4.69) is 15.6 Å². The fourth-order valence-corrected chi connectivity index (χ4v) is 1.50. The second-order valence-electron chi connectivity index (χ2n) is 3.44. The SMILES string of the molecule is CSCCNC(=O)Nc1cc(N)c(C(=N)N)cn1. The number of anilines is 2. The van der Waals surface area contributed by atoms with Crippen LogP contribution in [0.3, 0.4) is 0 Å². The number of nitrogens with zero attached hydrogens (tertiary/aromatic N) is 1. The van der Waals surface area contributed by atoms with Gasteiger partial charge in [0.15, 0.2) is 0 Å². The lowest BCUT2D eigenvalue weighted by Gasteiger charge is -2.08. The third kappa shape index (κ3) is 4.13. The number of hydrogen-bond acceptors (Lipinski definition) is 5. The minimum Gasteiger partial charge on any atom is -0.398 e. The summed E-state index contributed by atoms with van der Waals surface area (Å²) in [7, 11) is 0. The van der Waals surface area contributed by atoms with Gasteiger partial charge in [0.1, 0.15) is 11.7 Å². The second-order valence-corrected chi connectivity index (χ2v) is 4.43. The maximum atomic E-state index is 11.4. The highest BCUT2D eigenvalue weighted by Gasteiger charge is 2.07. The number of nitrogen functional groups attached to an aromatic ring is 2. The predicted octanol–water partition coefficient (Wildman–Crippen LogP) is 0.432. The van der Waals surface area contributed by atoms with Crippen molar-refractivity contribution in [3.05, 3.63) is 17.8 Å². The van der Waals surface area contributed by atoms with Crippen molar-refractivity contribution in [2.45, 2.75) is 0 Å². The number of nitrogens with one attached hydrogen (secondary N) is 3. The van der Waals surface area contributed by atoms with Crippen LogP contribution < -0.4 is 22.1 Å². The summed E-state index contributed by atoms with van der Waals surface area (Å²) in [6.07, 6.45) is 3.32. The maximum Gasteiger partial charge on any atom is 0.320 e. The summed E-state index contributed by atoms with van der Waals surface area (Å²) < 4.78 is 0. The molecule has 0 fully saturated rings. The summed E-state index contributed by atoms with van der Waals surface area (Å²) in [5.74, 6) is 1.00. The molecule has 0 saturated heterocycles. The van der Waals surface area contributed by atoms with Crippen molar-refractivity contribution in [2.24, 2.45) is 5.73 Å². The molecule has 0 aromatic carbocycles. The van der Waals surface area contributed by atoms with E-state index in [9.17, 15) is 4.79 Å². The van der Waals surface area contributed by atoms with E-state index in [1.54, 1.807) is 11.8 Å². The predicted molar refractivity (Wildman–Crippen MR) is 75.1 cm³/mol. The standard InChI is InChI=1S/C10H16N6OS/c1-18-3-2-14-10(17)16-8-4-7(11)6(5-15-8)9(12)13/h4-5H,2-3H2,1H3,(H3,12,13)(H4,11,14,15,16,17). The number of thioether (sulfide) groups is 1. The van der Waals surface area contributed by atoms with Crippen LogP contribution in [0.4, 0.5) is 16.3 Å². The van der Waals surface area contributed by atoms with Gasteiger partial charge in [-0.2, -0.15) is 11.8 Å². The van der Waals surface area contributed by atoms with Gasteiger partial charge >= 0.3 is 6.03 Å². The zero-order chi connectivity index (χ0) is 13.5. The van der Waals surface area contributed by atoms with Gasteiger partial charge in [-0.25, -0.2) is 9.78 Å². The first-order valence-electron chi connectivity index (χ1n) is 5.18. The van der Waals surface area contributed by atoms with E-state index in [1.165, 1.54) is 12.3 Å². The van der Waals surface area contributed by atoms with Gasteiger partial charge in [-0.15, -0.1) is 0 Å². The fraction of sp³-hybridized carbons (Fsp3) is 0.300. The van der Waals surface area contributed by atoms with Gasteiger partial charge in [-0.1, -0.05) is 0 Å². The normalized spacial score (nSPS) is 9.83. The Morgan fingerprint density at radius 1 is 1.61 bits per heavy atom. The Bertz CT molecular complexity index is 450. The molecule has 98 valence electrons. The molecule has 0 aliphatic carbocycles. The quantitative estimate of drug-likeness (QED) is 0.300. The van der Waals surface area contributed by atoms with Crippen LogP contribution in [0.2, 0.25) is 0 Å². The van der Waals surface area contributed by atoms with Gasteiger partial charge in [-0.05, 0) is 6.26 Å². The summed E-state index contributed by atoms with van der Waals surface area (Å²) in [6.45, 7) is 0.577. The Balaban J connectivity index is 2.60. The molecule has 2 amide bonds. The fourth-order valence-electron chi connectivity index (χ4n) is 1.19. The van der Waals surface area contributed by atoms with Crippen molar-refractivity contribution < 1.29 is 4.79 Å². The van der Waals surface area contributed by atoms with Crippen molar-refractivity contribution in [2.75, 3.05) is 29.6 Å². The van der Waals surface area contributed by atoms with Crippen LogP contribution >= 0.6 is 11.8 Å². The molecule has 1 aromatic heterocycles. The molecule has 0 aliphatic heterocycles. The second kappa shape index (κ2) is 6.70. The van der Waals surface area contributed by atoms with Crippen LogP contribution in [-0.4, -0.2) is 35.4 Å². The first-order chi connectivity index (χ1) is 8.54. The maximum absolute atomic E-state index is 11.4. The Morgan fingerprint density at radius 2 is 2.33 bits per heavy atom. The van der Waals surface area contributed by atoms with Gasteiger partial charge in [-0.3, -0.25) is 10.7 Å². The van der Waals surface area contributed by atoms with Crippen molar-refractivity contribution in [1.29, 1.82) is 5.41 Å². The molecule has 0 radical (unpaired) electrons. The molecule has 8 heteroatoms. The number of amidine groups is 1. The third-order valence-corrected chi connectivity index (χ3v) is 2.67. The van der Waals surface area contributed by atoms with E-state index >= 15 is 0 Å². The molecular formula is C10H16N6OS. The molecule has 0 saturated carbocycles. The number of carbonyl (C=O) groups excluding carboxylic acids is 1. The van der Waals surface area contributed by atoms with Gasteiger partial charge < -0.3 is 16.8 Å². The van der Waals surface area contributed by atoms with Crippen LogP contribution in [0, 0.1) is 5.41 Å². The Kier molecular flexibility index (Phi) is 5.25. The zero-order valence-electron chi connectivity index (χ0n) is 9.99. The lowest BCUT2D eigenvalue weighted by Crippen LogP contribution is -2.30. The van der Waals surface area contributed by atoms with E-state index in [0.717, 1.165) is 5.75 Å². The number of aromatic nitrogens is 1. The summed E-state index contributed by atoms with van der Waals surface area (Å²) in [6, 6.07) is 1.12. The number of pyridine rings is 1. The molecule has 0 spiro atoms. The lowest BCUT2D eigenvalue weighted by molar-refractivity contribution is 0.252. The summed E-state index contributed by atoms with van der Waals surface area (Å²) in [5, 5.41) is 12.5. The smallest absolute Gasteiger partial charge is 0.320 e. The molecule has 1 heterocycles. The molecule has 18 heavy (non-hydrogen) atoms. The lowest BCUT2D eigenvalue weighted by atomic mass is 10.2. The number of nitrogens with two attached hydrogens (primary N) is 2. The van der Waals surface area contributed by atoms with Crippen molar-refractivity contribution in [3.8, 4) is 0 Å². The Hall–Kier alpha value is -1.96. The molecule has 0 aliphatic rings. The molecule has 0 bridgehead atoms. The van der Waals surface area contributed by atoms with Crippen LogP contribution in [0.5, 0.6) is 0 Å². The monoisotopic (exact) mass is 268 g/mol. The average Bonchev–Trinajstić information content (AvgIpc) is 2.28. The number of rotatable bonds is 5. The molecular weight excluding hydrogens is 252 g/mol. The van der Waals surface area contributed by atoms with Crippen molar-refractivity contribution in [1.82, 2.24) is 10.3 Å². The minimum absolute atomic E-state index is 0.157. The van der Waals surface area contributed by atoms with Crippen LogP contribution in [0.1, 0.15) is 5.56 Å². The van der Waals surface area contributed by atoms with Crippen LogP contribution in [-0.2, 0) is 0 Å². The van der Waals surface area contributed by atoms with E-state index in [4.69, 9.17) is 16.9 Å². The molecule has 1 aromatic rings. The first kappa shape index (κ1) is 14.1. The molecule has 7 N–H and O–H groups in total. The molecule has 0 unspecified atom stereocenters. The van der Waals surface area contributed by atoms with Crippen LogP contribution in [0.15, 0.2) is 12.3 Å². The molecule has 7 nitrogen and oxygen atoms in total. The highest BCUT2D eigenvalue weighted by molar-refractivity contribution is 7.98. The van der Waals surface area contributed by atoms with Gasteiger partial charge in [0.25, 0.3) is 0 Å². The van der Waals surface area contributed by atoms with E-state index < -0.39 is 0 Å². The van der Waals surface area contributed by atoms with Gasteiger partial charge in [0, 0.05) is 30.2 Å². The number of urea groups is 1. The number of hydrogen-bond donors (Lipinski definition) is 5. The highest BCUT2D eigenvalue weighted by Crippen LogP contribution is 2.14. The molecule has 0 atom stereocenters. The number of amides is 2. The van der Waals surface area contributed by atoms with Crippen molar-refractivity contribution >= 4 is 35.1 Å². The molecule has 1 rings (SSSR count). The average molecular weight is 268 g/mol. The first-order valence-corrected chi connectivity index (χ1v) is 6.57. The highest BCUT2D eigenvalue weighted by atomic mass is 32.2. The minimum atomic E-state index is -0.341. The van der Waals surface area contributed by atoms with Gasteiger partial charge in [0.05, 0.1) is 5.56 Å². The number of carbonyl (C=O) groups is 1. The van der Waals surface area contributed by atoms with E-state index in [1.807, 2.05) is 6.26 Å².